The van der Waals surface area contributed by atoms with E-state index in [-0.39, 0.29) is 18.0 Å². The first-order valence-electron chi connectivity index (χ1n) is 5.15. The van der Waals surface area contributed by atoms with Gasteiger partial charge in [0.15, 0.2) is 0 Å². The lowest BCUT2D eigenvalue weighted by Gasteiger charge is -2.06. The predicted octanol–water partition coefficient (Wildman–Crippen LogP) is -0.594. The minimum Gasteiger partial charge on any atom is -0.480 e. The molecule has 0 bridgehead atoms. The maximum Gasteiger partial charge on any atom is 0.329 e. The van der Waals surface area contributed by atoms with E-state index in [0.29, 0.717) is 11.4 Å². The molecule has 0 spiro atoms. The van der Waals surface area contributed by atoms with Crippen LogP contribution >= 0.6 is 0 Å². The van der Waals surface area contributed by atoms with Crippen LogP contribution < -0.4 is 4.72 Å². The fourth-order valence-electron chi connectivity index (χ4n) is 1.42. The second-order valence-corrected chi connectivity index (χ2v) is 5.31. The van der Waals surface area contributed by atoms with Crippen molar-refractivity contribution in [3.8, 4) is 0 Å². The summed E-state index contributed by atoms with van der Waals surface area (Å²) in [7, 11) is -3.65. The lowest BCUT2D eigenvalue weighted by molar-refractivity contribution is -0.142. The van der Waals surface area contributed by atoms with Gasteiger partial charge < -0.3 is 9.84 Å². The smallest absolute Gasteiger partial charge is 0.329 e. The first-order chi connectivity index (χ1) is 8.34. The Kier molecular flexibility index (Phi) is 4.82. The largest absolute Gasteiger partial charge is 0.480 e. The lowest BCUT2D eigenvalue weighted by atomic mass is 10.4. The highest BCUT2D eigenvalue weighted by atomic mass is 32.2. The number of nitrogens with zero attached hydrogens (tertiary/aromatic N) is 1. The van der Waals surface area contributed by atoms with Crippen LogP contribution in [0.1, 0.15) is 11.4 Å². The van der Waals surface area contributed by atoms with Gasteiger partial charge in [-0.1, -0.05) is 0 Å². The van der Waals surface area contributed by atoms with Crippen LogP contribution in [0, 0.1) is 13.8 Å². The number of hydrogen-bond acceptors (Lipinski definition) is 5. The molecule has 0 atom stereocenters. The molecule has 0 saturated carbocycles. The van der Waals surface area contributed by atoms with Crippen LogP contribution in [0.5, 0.6) is 0 Å². The summed E-state index contributed by atoms with van der Waals surface area (Å²) < 4.78 is 30.8. The number of aromatic nitrogens is 2. The van der Waals surface area contributed by atoms with E-state index in [2.05, 4.69) is 14.9 Å². The highest BCUT2D eigenvalue weighted by Crippen LogP contribution is 2.15. The van der Waals surface area contributed by atoms with Gasteiger partial charge in [-0.25, -0.2) is 17.9 Å². The predicted molar refractivity (Wildman–Crippen MR) is 61.7 cm³/mol. The fourth-order valence-corrected chi connectivity index (χ4v) is 2.80. The third-order valence-corrected chi connectivity index (χ3v) is 3.82. The van der Waals surface area contributed by atoms with E-state index in [1.165, 1.54) is 0 Å². The second-order valence-electron chi connectivity index (χ2n) is 3.61. The summed E-state index contributed by atoms with van der Waals surface area (Å²) in [6.07, 6.45) is 0. The van der Waals surface area contributed by atoms with Crippen LogP contribution in [0.15, 0.2) is 4.90 Å². The Morgan fingerprint density at radius 2 is 2.17 bits per heavy atom. The van der Waals surface area contributed by atoms with Crippen molar-refractivity contribution in [2.24, 2.45) is 0 Å². The minimum atomic E-state index is -3.65. The standard InChI is InChI=1S/C9H15N3O5S/c1-6-9(7(2)12-11-6)18(15,16)10-3-4-17-5-8(13)14/h10H,3-5H2,1-2H3,(H,11,12)(H,13,14). The van der Waals surface area contributed by atoms with Crippen molar-refractivity contribution in [2.75, 3.05) is 19.8 Å². The summed E-state index contributed by atoms with van der Waals surface area (Å²) in [5, 5.41) is 14.7. The zero-order chi connectivity index (χ0) is 13.8. The Morgan fingerprint density at radius 1 is 1.50 bits per heavy atom. The first kappa shape index (κ1) is 14.6. The van der Waals surface area contributed by atoms with Crippen molar-refractivity contribution in [3.05, 3.63) is 11.4 Å². The number of carbonyl (C=O) groups is 1. The SMILES string of the molecule is Cc1n[nH]c(C)c1S(=O)(=O)NCCOCC(=O)O. The van der Waals surface area contributed by atoms with Crippen molar-refractivity contribution in [2.45, 2.75) is 18.7 Å². The summed E-state index contributed by atoms with van der Waals surface area (Å²) in [4.78, 5) is 10.3. The van der Waals surface area contributed by atoms with Gasteiger partial charge in [0, 0.05) is 6.54 Å². The molecule has 0 fully saturated rings. The molecule has 0 saturated heterocycles. The molecular formula is C9H15N3O5S. The molecule has 1 aromatic rings. The molecule has 102 valence electrons. The zero-order valence-corrected chi connectivity index (χ0v) is 10.9. The van der Waals surface area contributed by atoms with E-state index >= 15 is 0 Å². The molecule has 0 aliphatic heterocycles. The Bertz CT molecular complexity index is 503. The Balaban J connectivity index is 2.54. The van der Waals surface area contributed by atoms with Gasteiger partial charge in [-0.15, -0.1) is 0 Å². The fraction of sp³-hybridized carbons (Fsp3) is 0.556. The maximum absolute atomic E-state index is 11.9. The third-order valence-electron chi connectivity index (χ3n) is 2.09. The second kappa shape index (κ2) is 5.94. The number of H-pyrrole nitrogens is 1. The van der Waals surface area contributed by atoms with E-state index in [1.807, 2.05) is 0 Å². The molecule has 1 rings (SSSR count). The summed E-state index contributed by atoms with van der Waals surface area (Å²) in [6, 6.07) is 0. The van der Waals surface area contributed by atoms with Crippen LogP contribution in [-0.4, -0.2) is 49.4 Å². The Labute approximate surface area is 104 Å². The number of ether oxygens (including phenoxy) is 1. The third kappa shape index (κ3) is 3.79. The molecule has 0 aromatic carbocycles. The highest BCUT2D eigenvalue weighted by molar-refractivity contribution is 7.89. The van der Waals surface area contributed by atoms with Crippen molar-refractivity contribution in [1.82, 2.24) is 14.9 Å². The molecular weight excluding hydrogens is 262 g/mol. The zero-order valence-electron chi connectivity index (χ0n) is 10.1. The van der Waals surface area contributed by atoms with Gasteiger partial charge >= 0.3 is 5.97 Å². The minimum absolute atomic E-state index is 0.000324. The number of carboxylic acids is 1. The summed E-state index contributed by atoms with van der Waals surface area (Å²) in [5.41, 5.74) is 0.831. The van der Waals surface area contributed by atoms with Crippen LogP contribution in [0.3, 0.4) is 0 Å². The first-order valence-corrected chi connectivity index (χ1v) is 6.63. The molecule has 8 nitrogen and oxygen atoms in total. The van der Waals surface area contributed by atoms with Gasteiger partial charge in [0.2, 0.25) is 10.0 Å². The van der Waals surface area contributed by atoms with Crippen molar-refractivity contribution in [1.29, 1.82) is 0 Å². The van der Waals surface area contributed by atoms with Gasteiger partial charge in [-0.05, 0) is 13.8 Å². The number of carboxylic acid groups (broad SMARTS) is 1. The average molecular weight is 277 g/mol. The van der Waals surface area contributed by atoms with Crippen LogP contribution in [0.25, 0.3) is 0 Å². The molecule has 3 N–H and O–H groups in total. The number of rotatable bonds is 7. The van der Waals surface area contributed by atoms with Gasteiger partial charge in [0.25, 0.3) is 0 Å². The quantitative estimate of drug-likeness (QED) is 0.572. The topological polar surface area (TPSA) is 121 Å². The van der Waals surface area contributed by atoms with Gasteiger partial charge in [-0.3, -0.25) is 5.10 Å². The molecule has 0 unspecified atom stereocenters. The van der Waals surface area contributed by atoms with Crippen LogP contribution in [0.2, 0.25) is 0 Å². The van der Waals surface area contributed by atoms with Crippen LogP contribution in [0.4, 0.5) is 0 Å². The molecule has 1 heterocycles. The number of aliphatic carboxylic acids is 1. The number of hydrogen-bond donors (Lipinski definition) is 3. The molecule has 9 heteroatoms. The molecule has 18 heavy (non-hydrogen) atoms. The van der Waals surface area contributed by atoms with Crippen LogP contribution in [-0.2, 0) is 19.6 Å². The normalized spacial score (nSPS) is 11.7. The lowest BCUT2D eigenvalue weighted by Crippen LogP contribution is -2.28. The van der Waals surface area contributed by atoms with Crippen molar-refractivity contribution in [3.63, 3.8) is 0 Å². The molecule has 0 radical (unpaired) electrons. The number of aromatic amines is 1. The molecule has 1 aromatic heterocycles. The summed E-state index contributed by atoms with van der Waals surface area (Å²) in [5.74, 6) is -1.10. The summed E-state index contributed by atoms with van der Waals surface area (Å²) in [6.45, 7) is 2.72. The van der Waals surface area contributed by atoms with Crippen molar-refractivity contribution >= 4 is 16.0 Å². The summed E-state index contributed by atoms with van der Waals surface area (Å²) >= 11 is 0. The van der Waals surface area contributed by atoms with E-state index in [1.54, 1.807) is 13.8 Å². The maximum atomic E-state index is 11.9. The van der Waals surface area contributed by atoms with Gasteiger partial charge in [0.05, 0.1) is 18.0 Å². The highest BCUT2D eigenvalue weighted by Gasteiger charge is 2.21. The molecule has 0 amide bonds. The average Bonchev–Trinajstić information content (AvgIpc) is 2.57. The number of nitrogens with one attached hydrogen (secondary N) is 2. The Morgan fingerprint density at radius 3 is 2.67 bits per heavy atom. The Hall–Kier alpha value is -1.45. The van der Waals surface area contributed by atoms with E-state index < -0.39 is 22.6 Å². The van der Waals surface area contributed by atoms with Crippen molar-refractivity contribution < 1.29 is 23.1 Å². The van der Waals surface area contributed by atoms with E-state index in [9.17, 15) is 13.2 Å². The van der Waals surface area contributed by atoms with E-state index in [0.717, 1.165) is 0 Å². The van der Waals surface area contributed by atoms with Gasteiger partial charge in [-0.2, -0.15) is 5.10 Å². The molecule has 0 aliphatic rings. The van der Waals surface area contributed by atoms with E-state index in [4.69, 9.17) is 9.84 Å². The number of sulfonamides is 1. The number of aryl methyl sites for hydroxylation is 2. The van der Waals surface area contributed by atoms with Gasteiger partial charge in [0.1, 0.15) is 11.5 Å². The molecule has 0 aliphatic carbocycles. The monoisotopic (exact) mass is 277 g/mol.